The number of nitrogens with one attached hydrogen (secondary N) is 2. The third-order valence-corrected chi connectivity index (χ3v) is 5.04. The fourth-order valence-electron chi connectivity index (χ4n) is 2.83. The summed E-state index contributed by atoms with van der Waals surface area (Å²) in [7, 11) is 0. The van der Waals surface area contributed by atoms with Crippen molar-refractivity contribution in [2.45, 2.75) is 19.3 Å². The highest BCUT2D eigenvalue weighted by Crippen LogP contribution is 2.29. The topological polar surface area (TPSA) is 93.7 Å². The number of esters is 1. The molecule has 0 aromatic heterocycles. The molecule has 0 aliphatic rings. The molecule has 3 rings (SSSR count). The molecule has 0 bridgehead atoms. The van der Waals surface area contributed by atoms with Gasteiger partial charge in [0, 0.05) is 29.2 Å². The van der Waals surface area contributed by atoms with E-state index in [1.54, 1.807) is 60.7 Å². The van der Waals surface area contributed by atoms with Gasteiger partial charge in [-0.05, 0) is 67.1 Å². The van der Waals surface area contributed by atoms with Crippen molar-refractivity contribution < 1.29 is 23.9 Å². The second-order valence-electron chi connectivity index (χ2n) is 7.17. The van der Waals surface area contributed by atoms with Crippen LogP contribution in [0.15, 0.2) is 72.8 Å². The summed E-state index contributed by atoms with van der Waals surface area (Å²) >= 11 is 11.9. The van der Waals surface area contributed by atoms with E-state index in [0.29, 0.717) is 32.9 Å². The number of hydrogen-bond donors (Lipinski definition) is 2. The lowest BCUT2D eigenvalue weighted by Gasteiger charge is -2.09. The van der Waals surface area contributed by atoms with E-state index in [9.17, 15) is 14.4 Å². The van der Waals surface area contributed by atoms with Crippen LogP contribution in [0.3, 0.4) is 0 Å². The highest BCUT2D eigenvalue weighted by Gasteiger charge is 2.10. The molecule has 3 aromatic carbocycles. The lowest BCUT2D eigenvalue weighted by Crippen LogP contribution is -2.21. The summed E-state index contributed by atoms with van der Waals surface area (Å²) in [4.78, 5) is 35.8. The molecule has 0 saturated carbocycles. The van der Waals surface area contributed by atoms with Crippen LogP contribution in [0.4, 0.5) is 11.4 Å². The van der Waals surface area contributed by atoms with E-state index >= 15 is 0 Å². The van der Waals surface area contributed by atoms with Gasteiger partial charge in [0.15, 0.2) is 6.61 Å². The zero-order valence-electron chi connectivity index (χ0n) is 18.1. The number of hydrogen-bond acceptors (Lipinski definition) is 5. The molecule has 0 fully saturated rings. The maximum absolute atomic E-state index is 12.1. The molecule has 0 spiro atoms. The van der Waals surface area contributed by atoms with Gasteiger partial charge >= 0.3 is 5.97 Å². The predicted octanol–water partition coefficient (Wildman–Crippen LogP) is 6.08. The number of anilines is 2. The van der Waals surface area contributed by atoms with E-state index in [4.69, 9.17) is 32.7 Å². The summed E-state index contributed by atoms with van der Waals surface area (Å²) in [6, 6.07) is 20.5. The summed E-state index contributed by atoms with van der Waals surface area (Å²) in [5, 5.41) is 6.39. The second-order valence-corrected chi connectivity index (χ2v) is 8.02. The number of ether oxygens (including phenoxy) is 2. The van der Waals surface area contributed by atoms with Gasteiger partial charge in [0.25, 0.3) is 5.91 Å². The van der Waals surface area contributed by atoms with Crippen LogP contribution in [0.1, 0.15) is 19.3 Å². The van der Waals surface area contributed by atoms with E-state index in [-0.39, 0.29) is 25.2 Å². The normalized spacial score (nSPS) is 10.3. The summed E-state index contributed by atoms with van der Waals surface area (Å²) in [6.07, 6.45) is 0.438. The van der Waals surface area contributed by atoms with E-state index in [1.807, 2.05) is 12.1 Å². The van der Waals surface area contributed by atoms with Crippen LogP contribution in [0.25, 0.3) is 0 Å². The first-order valence-corrected chi connectivity index (χ1v) is 11.2. The van der Waals surface area contributed by atoms with Gasteiger partial charge in [-0.25, -0.2) is 0 Å². The van der Waals surface area contributed by atoms with Crippen molar-refractivity contribution in [2.24, 2.45) is 0 Å². The smallest absolute Gasteiger partial charge is 0.306 e. The maximum atomic E-state index is 12.1. The van der Waals surface area contributed by atoms with Gasteiger partial charge < -0.3 is 20.1 Å². The zero-order valence-corrected chi connectivity index (χ0v) is 19.6. The largest absolute Gasteiger partial charge is 0.456 e. The van der Waals surface area contributed by atoms with Gasteiger partial charge in [0.1, 0.15) is 11.5 Å². The van der Waals surface area contributed by atoms with Crippen LogP contribution in [0.2, 0.25) is 10.0 Å². The zero-order chi connectivity index (χ0) is 24.3. The minimum atomic E-state index is -0.555. The number of benzene rings is 3. The molecule has 0 atom stereocenters. The van der Waals surface area contributed by atoms with Crippen LogP contribution in [-0.4, -0.2) is 24.4 Å². The van der Waals surface area contributed by atoms with Crippen molar-refractivity contribution in [1.82, 2.24) is 0 Å². The monoisotopic (exact) mass is 500 g/mol. The van der Waals surface area contributed by atoms with Gasteiger partial charge in [0.2, 0.25) is 5.91 Å². The number of carbonyl (C=O) groups is 3. The van der Waals surface area contributed by atoms with Crippen molar-refractivity contribution in [1.29, 1.82) is 0 Å². The third kappa shape index (κ3) is 8.42. The Bertz CT molecular complexity index is 1130. The molecule has 0 unspecified atom stereocenters. The first-order valence-electron chi connectivity index (χ1n) is 10.4. The highest BCUT2D eigenvalue weighted by atomic mass is 35.5. The molecule has 9 heteroatoms. The Morgan fingerprint density at radius 3 is 2.03 bits per heavy atom. The van der Waals surface area contributed by atoms with Gasteiger partial charge in [0.05, 0.1) is 5.02 Å². The number of carbonyl (C=O) groups excluding carboxylic acids is 3. The molecule has 0 saturated heterocycles. The lowest BCUT2D eigenvalue weighted by molar-refractivity contribution is -0.147. The molecular weight excluding hydrogens is 479 g/mol. The van der Waals surface area contributed by atoms with E-state index in [1.165, 1.54) is 0 Å². The molecule has 0 radical (unpaired) electrons. The van der Waals surface area contributed by atoms with Crippen LogP contribution >= 0.6 is 23.2 Å². The molecule has 2 amide bonds. The average molecular weight is 501 g/mol. The number of para-hydroxylation sites is 1. The Hall–Kier alpha value is -3.55. The number of rotatable bonds is 10. The SMILES string of the molecule is O=C(CCCC(=O)OCC(=O)Nc1ccc(Cl)cc1)Nc1ccc(Oc2ccccc2Cl)cc1. The predicted molar refractivity (Wildman–Crippen MR) is 131 cm³/mol. The average Bonchev–Trinajstić information content (AvgIpc) is 2.82. The highest BCUT2D eigenvalue weighted by molar-refractivity contribution is 6.32. The number of amides is 2. The molecule has 34 heavy (non-hydrogen) atoms. The molecule has 2 N–H and O–H groups in total. The standard InChI is InChI=1S/C25H22Cl2N2O5/c26-17-8-10-18(11-9-17)29-24(31)16-33-25(32)7-3-6-23(30)28-19-12-14-20(15-13-19)34-22-5-2-1-4-21(22)27/h1-2,4-5,8-15H,3,6-7,16H2,(H,28,30)(H,29,31). The maximum Gasteiger partial charge on any atom is 0.306 e. The van der Waals surface area contributed by atoms with Gasteiger partial charge in [-0.2, -0.15) is 0 Å². The van der Waals surface area contributed by atoms with Crippen LogP contribution in [0, 0.1) is 0 Å². The fourth-order valence-corrected chi connectivity index (χ4v) is 3.13. The summed E-state index contributed by atoms with van der Waals surface area (Å²) in [6.45, 7) is -0.406. The Labute approximate surface area is 207 Å². The molecule has 0 heterocycles. The molecule has 7 nitrogen and oxygen atoms in total. The minimum absolute atomic E-state index is 0.0201. The minimum Gasteiger partial charge on any atom is -0.456 e. The second kappa shape index (κ2) is 12.6. The van der Waals surface area contributed by atoms with Crippen molar-refractivity contribution in [3.8, 4) is 11.5 Å². The van der Waals surface area contributed by atoms with Crippen LogP contribution < -0.4 is 15.4 Å². The van der Waals surface area contributed by atoms with E-state index in [0.717, 1.165) is 0 Å². The van der Waals surface area contributed by atoms with Crippen LogP contribution in [-0.2, 0) is 19.1 Å². The number of halogens is 2. The Kier molecular flexibility index (Phi) is 9.31. The Morgan fingerprint density at radius 1 is 0.735 bits per heavy atom. The van der Waals surface area contributed by atoms with Gasteiger partial charge in [-0.1, -0.05) is 35.3 Å². The Balaban J connectivity index is 1.33. The third-order valence-electron chi connectivity index (χ3n) is 4.48. The van der Waals surface area contributed by atoms with Gasteiger partial charge in [-0.3, -0.25) is 14.4 Å². The van der Waals surface area contributed by atoms with Crippen molar-refractivity contribution in [3.63, 3.8) is 0 Å². The van der Waals surface area contributed by atoms with Gasteiger partial charge in [-0.15, -0.1) is 0 Å². The van der Waals surface area contributed by atoms with Crippen molar-refractivity contribution >= 4 is 52.4 Å². The van der Waals surface area contributed by atoms with Crippen molar-refractivity contribution in [2.75, 3.05) is 17.2 Å². The summed E-state index contributed by atoms with van der Waals surface area (Å²) in [5.41, 5.74) is 1.14. The molecule has 3 aromatic rings. The Morgan fingerprint density at radius 2 is 1.35 bits per heavy atom. The molecule has 0 aliphatic carbocycles. The first-order chi connectivity index (χ1) is 16.4. The summed E-state index contributed by atoms with van der Waals surface area (Å²) < 4.78 is 10.6. The molecule has 176 valence electrons. The van der Waals surface area contributed by atoms with Crippen LogP contribution in [0.5, 0.6) is 11.5 Å². The fraction of sp³-hybridized carbons (Fsp3) is 0.160. The molecular formula is C25H22Cl2N2O5. The van der Waals surface area contributed by atoms with E-state index < -0.39 is 18.5 Å². The molecule has 0 aliphatic heterocycles. The van der Waals surface area contributed by atoms with Crippen molar-refractivity contribution in [3.05, 3.63) is 82.8 Å². The van der Waals surface area contributed by atoms with E-state index in [2.05, 4.69) is 10.6 Å². The first kappa shape index (κ1) is 25.1. The quantitative estimate of drug-likeness (QED) is 0.329. The summed E-state index contributed by atoms with van der Waals surface area (Å²) in [5.74, 6) is -0.146. The lowest BCUT2D eigenvalue weighted by atomic mass is 10.2.